The summed E-state index contributed by atoms with van der Waals surface area (Å²) in [5, 5.41) is 13.4. The van der Waals surface area contributed by atoms with Crippen molar-refractivity contribution < 1.29 is 9.21 Å². The van der Waals surface area contributed by atoms with Gasteiger partial charge in [-0.1, -0.05) is 30.7 Å². The minimum Gasteiger partial charge on any atom is -0.459 e. The molecule has 4 rings (SSSR count). The molecule has 1 aliphatic heterocycles. The number of benzene rings is 1. The van der Waals surface area contributed by atoms with Crippen molar-refractivity contribution in [2.75, 3.05) is 26.2 Å². The fourth-order valence-electron chi connectivity index (χ4n) is 3.85. The lowest BCUT2D eigenvalue weighted by Gasteiger charge is -2.39. The molecule has 3 aromatic rings. The number of hydrogen-bond donors (Lipinski definition) is 0. The Bertz CT molecular complexity index is 1010. The molecule has 1 aromatic carbocycles. The third-order valence-corrected chi connectivity index (χ3v) is 6.31. The molecule has 1 atom stereocenters. The van der Waals surface area contributed by atoms with E-state index in [1.807, 2.05) is 33.8 Å². The first kappa shape index (κ1) is 21.5. The van der Waals surface area contributed by atoms with E-state index in [1.165, 1.54) is 6.26 Å². The van der Waals surface area contributed by atoms with E-state index in [2.05, 4.69) is 41.2 Å². The molecule has 164 valence electrons. The number of rotatable bonds is 6. The van der Waals surface area contributed by atoms with E-state index >= 15 is 0 Å². The second kappa shape index (κ2) is 8.80. The highest BCUT2D eigenvalue weighted by Gasteiger charge is 2.35. The number of nitrogens with zero attached hydrogens (tertiary/aromatic N) is 6. The van der Waals surface area contributed by atoms with Crippen LogP contribution in [0.25, 0.3) is 0 Å². The molecule has 0 saturated carbocycles. The van der Waals surface area contributed by atoms with Gasteiger partial charge in [-0.15, -0.1) is 5.10 Å². The minimum atomic E-state index is -0.222. The number of amides is 1. The van der Waals surface area contributed by atoms with Gasteiger partial charge in [0.1, 0.15) is 0 Å². The summed E-state index contributed by atoms with van der Waals surface area (Å²) in [6, 6.07) is 11.1. The highest BCUT2D eigenvalue weighted by Crippen LogP contribution is 2.32. The highest BCUT2D eigenvalue weighted by molar-refractivity contribution is 6.30. The van der Waals surface area contributed by atoms with Gasteiger partial charge in [0.05, 0.1) is 17.8 Å². The van der Waals surface area contributed by atoms with Crippen molar-refractivity contribution in [2.24, 2.45) is 0 Å². The number of carbonyl (C=O) groups is 1. The van der Waals surface area contributed by atoms with Gasteiger partial charge in [0.2, 0.25) is 0 Å². The highest BCUT2D eigenvalue weighted by atomic mass is 35.5. The zero-order chi connectivity index (χ0) is 22.0. The minimum absolute atomic E-state index is 0.0790. The Hall–Kier alpha value is -2.71. The van der Waals surface area contributed by atoms with Gasteiger partial charge in [-0.05, 0) is 60.5 Å². The maximum atomic E-state index is 12.7. The number of carbonyl (C=O) groups excluding carboxylic acids is 1. The van der Waals surface area contributed by atoms with Gasteiger partial charge >= 0.3 is 0 Å². The lowest BCUT2D eigenvalue weighted by Crippen LogP contribution is -2.50. The van der Waals surface area contributed by atoms with Crippen LogP contribution in [0.5, 0.6) is 0 Å². The Balaban J connectivity index is 1.62. The van der Waals surface area contributed by atoms with Crippen LogP contribution in [0.2, 0.25) is 5.02 Å². The summed E-state index contributed by atoms with van der Waals surface area (Å²) in [5.41, 5.74) is 0.846. The topological polar surface area (TPSA) is 80.3 Å². The molecule has 1 aliphatic rings. The lowest BCUT2D eigenvalue weighted by atomic mass is 9.99. The zero-order valence-electron chi connectivity index (χ0n) is 18.0. The predicted octanol–water partition coefficient (Wildman–Crippen LogP) is 3.61. The van der Waals surface area contributed by atoms with Gasteiger partial charge in [-0.3, -0.25) is 9.69 Å². The van der Waals surface area contributed by atoms with Gasteiger partial charge in [0.15, 0.2) is 11.6 Å². The molecule has 0 N–H and O–H groups in total. The SMILES string of the molecule is CCC(C)(C)n1nnnc1C(c1ccc(Cl)cc1)N1CCN(C(=O)c2ccco2)CC1. The predicted molar refractivity (Wildman–Crippen MR) is 117 cm³/mol. The Morgan fingerprint density at radius 1 is 1.16 bits per heavy atom. The number of piperazine rings is 1. The third-order valence-electron chi connectivity index (χ3n) is 6.06. The average Bonchev–Trinajstić information content (AvgIpc) is 3.48. The summed E-state index contributed by atoms with van der Waals surface area (Å²) in [4.78, 5) is 16.8. The molecular formula is C22H27ClN6O2. The second-order valence-electron chi connectivity index (χ2n) is 8.37. The molecule has 1 amide bonds. The molecular weight excluding hydrogens is 416 g/mol. The fraction of sp³-hybridized carbons (Fsp3) is 0.455. The molecule has 2 aromatic heterocycles. The van der Waals surface area contributed by atoms with Crippen LogP contribution in [0, 0.1) is 0 Å². The summed E-state index contributed by atoms with van der Waals surface area (Å²) in [7, 11) is 0. The summed E-state index contributed by atoms with van der Waals surface area (Å²) in [6.07, 6.45) is 2.42. The van der Waals surface area contributed by atoms with Crippen molar-refractivity contribution in [2.45, 2.75) is 38.8 Å². The first-order chi connectivity index (χ1) is 14.9. The summed E-state index contributed by atoms with van der Waals surface area (Å²) in [6.45, 7) is 8.97. The normalized spacial score (nSPS) is 16.5. The Kier molecular flexibility index (Phi) is 6.11. The molecule has 31 heavy (non-hydrogen) atoms. The van der Waals surface area contributed by atoms with Crippen molar-refractivity contribution in [1.29, 1.82) is 0 Å². The van der Waals surface area contributed by atoms with E-state index in [-0.39, 0.29) is 17.5 Å². The van der Waals surface area contributed by atoms with Gasteiger partial charge in [-0.2, -0.15) is 0 Å². The third kappa shape index (κ3) is 4.36. The number of halogens is 1. The first-order valence-electron chi connectivity index (χ1n) is 10.5. The van der Waals surface area contributed by atoms with Crippen LogP contribution in [0.15, 0.2) is 47.1 Å². The maximum absolute atomic E-state index is 12.7. The molecule has 3 heterocycles. The van der Waals surface area contributed by atoms with Crippen molar-refractivity contribution in [3.63, 3.8) is 0 Å². The molecule has 0 radical (unpaired) electrons. The van der Waals surface area contributed by atoms with Crippen molar-refractivity contribution >= 4 is 17.5 Å². The number of tetrazole rings is 1. The Labute approximate surface area is 186 Å². The lowest BCUT2D eigenvalue weighted by molar-refractivity contribution is 0.0555. The molecule has 0 bridgehead atoms. The quantitative estimate of drug-likeness (QED) is 0.580. The molecule has 1 saturated heterocycles. The van der Waals surface area contributed by atoms with E-state index in [0.717, 1.165) is 17.8 Å². The van der Waals surface area contributed by atoms with E-state index in [1.54, 1.807) is 12.1 Å². The van der Waals surface area contributed by atoms with Gasteiger partial charge in [-0.25, -0.2) is 4.68 Å². The molecule has 9 heteroatoms. The standard InChI is InChI=1S/C22H27ClN6O2/c1-4-22(2,3)29-20(24-25-26-29)19(16-7-9-17(23)10-8-16)27-11-13-28(14-12-27)21(30)18-6-5-15-31-18/h5-10,15,19H,4,11-14H2,1-3H3. The van der Waals surface area contributed by atoms with Crippen LogP contribution in [0.1, 0.15) is 55.2 Å². The maximum Gasteiger partial charge on any atom is 0.289 e. The monoisotopic (exact) mass is 442 g/mol. The van der Waals surface area contributed by atoms with Crippen LogP contribution in [0.3, 0.4) is 0 Å². The average molecular weight is 443 g/mol. The Morgan fingerprint density at radius 3 is 2.48 bits per heavy atom. The van der Waals surface area contributed by atoms with Gasteiger partial charge in [0.25, 0.3) is 5.91 Å². The fourth-order valence-corrected chi connectivity index (χ4v) is 3.98. The summed E-state index contributed by atoms with van der Waals surface area (Å²) < 4.78 is 7.20. The van der Waals surface area contributed by atoms with Gasteiger partial charge < -0.3 is 9.32 Å². The summed E-state index contributed by atoms with van der Waals surface area (Å²) in [5.74, 6) is 1.08. The first-order valence-corrected chi connectivity index (χ1v) is 10.9. The van der Waals surface area contributed by atoms with Crippen molar-refractivity contribution in [3.8, 4) is 0 Å². The van der Waals surface area contributed by atoms with Crippen LogP contribution in [-0.2, 0) is 5.54 Å². The molecule has 0 aliphatic carbocycles. The van der Waals surface area contributed by atoms with Crippen molar-refractivity contribution in [3.05, 3.63) is 64.8 Å². The van der Waals surface area contributed by atoms with Gasteiger partial charge in [0, 0.05) is 31.2 Å². The molecule has 0 spiro atoms. The Morgan fingerprint density at radius 2 is 1.87 bits per heavy atom. The molecule has 1 fully saturated rings. The molecule has 8 nitrogen and oxygen atoms in total. The summed E-state index contributed by atoms with van der Waals surface area (Å²) >= 11 is 6.14. The zero-order valence-corrected chi connectivity index (χ0v) is 18.8. The number of furan rings is 1. The van der Waals surface area contributed by atoms with E-state index in [9.17, 15) is 4.79 Å². The van der Waals surface area contributed by atoms with Crippen LogP contribution in [0.4, 0.5) is 0 Å². The van der Waals surface area contributed by atoms with Crippen LogP contribution >= 0.6 is 11.6 Å². The van der Waals surface area contributed by atoms with Crippen molar-refractivity contribution in [1.82, 2.24) is 30.0 Å². The van der Waals surface area contributed by atoms with E-state index < -0.39 is 0 Å². The number of hydrogen-bond acceptors (Lipinski definition) is 6. The molecule has 1 unspecified atom stereocenters. The van der Waals surface area contributed by atoms with Crippen LogP contribution in [-0.4, -0.2) is 62.1 Å². The van der Waals surface area contributed by atoms with E-state index in [4.69, 9.17) is 16.0 Å². The second-order valence-corrected chi connectivity index (χ2v) is 8.81. The van der Waals surface area contributed by atoms with Crippen LogP contribution < -0.4 is 0 Å². The van der Waals surface area contributed by atoms with E-state index in [0.29, 0.717) is 37.0 Å². The smallest absolute Gasteiger partial charge is 0.289 e. The number of aromatic nitrogens is 4. The largest absolute Gasteiger partial charge is 0.459 e.